The van der Waals surface area contributed by atoms with Crippen LogP contribution in [0.4, 0.5) is 0 Å². The average Bonchev–Trinajstić information content (AvgIpc) is 2.54. The summed E-state index contributed by atoms with van der Waals surface area (Å²) in [7, 11) is 0. The lowest BCUT2D eigenvalue weighted by Crippen LogP contribution is -2.57. The van der Waals surface area contributed by atoms with Crippen molar-refractivity contribution in [2.45, 2.75) is 82.3 Å². The number of aryl methyl sites for hydroxylation is 1. The molecule has 1 aliphatic heterocycles. The molecule has 0 bridgehead atoms. The molecule has 0 unspecified atom stereocenters. The van der Waals surface area contributed by atoms with Crippen LogP contribution in [0.1, 0.15) is 68.9 Å². The van der Waals surface area contributed by atoms with Gasteiger partial charge in [0.2, 0.25) is 0 Å². The number of phenolic OH excluding ortho intramolecular Hbond substituents is 1. The van der Waals surface area contributed by atoms with E-state index in [4.69, 9.17) is 0 Å². The Hall–Kier alpha value is -1.06. The van der Waals surface area contributed by atoms with Gasteiger partial charge in [-0.05, 0) is 80.7 Å². The van der Waals surface area contributed by atoms with Crippen LogP contribution >= 0.6 is 0 Å². The third kappa shape index (κ3) is 3.73. The van der Waals surface area contributed by atoms with E-state index in [0.717, 1.165) is 57.4 Å². The first-order chi connectivity index (χ1) is 12.1. The standard InChI is InChI=1S/C22H33NO2/c24-20-10-9-19-15-21(22(25)11-2-1-3-12-22)23(16-17-6-4-7-17)13-5-8-18(19)14-20/h9-10,14,17,21,24-25H,1-8,11-13,15-16H2/t21-/m1/s1. The fraction of sp³-hybridized carbons (Fsp3) is 0.727. The normalized spacial score (nSPS) is 27.8. The van der Waals surface area contributed by atoms with Gasteiger partial charge in [-0.1, -0.05) is 31.7 Å². The van der Waals surface area contributed by atoms with Crippen molar-refractivity contribution < 1.29 is 10.2 Å². The van der Waals surface area contributed by atoms with Gasteiger partial charge in [-0.3, -0.25) is 4.90 Å². The van der Waals surface area contributed by atoms with Crippen molar-refractivity contribution in [1.82, 2.24) is 4.90 Å². The minimum absolute atomic E-state index is 0.233. The predicted molar refractivity (Wildman–Crippen MR) is 101 cm³/mol. The number of phenols is 1. The minimum atomic E-state index is -0.533. The summed E-state index contributed by atoms with van der Waals surface area (Å²) in [5.74, 6) is 1.21. The highest BCUT2D eigenvalue weighted by Crippen LogP contribution is 2.38. The summed E-state index contributed by atoms with van der Waals surface area (Å²) in [6.07, 6.45) is 12.7. The molecule has 1 heterocycles. The van der Waals surface area contributed by atoms with Crippen molar-refractivity contribution in [3.05, 3.63) is 29.3 Å². The van der Waals surface area contributed by atoms with Gasteiger partial charge in [0, 0.05) is 12.6 Å². The largest absolute Gasteiger partial charge is 0.508 e. The van der Waals surface area contributed by atoms with Crippen LogP contribution in [0, 0.1) is 5.92 Å². The van der Waals surface area contributed by atoms with Crippen molar-refractivity contribution >= 4 is 0 Å². The molecule has 1 aromatic rings. The zero-order chi connectivity index (χ0) is 17.3. The molecule has 3 nitrogen and oxygen atoms in total. The molecule has 0 saturated heterocycles. The first-order valence-electron chi connectivity index (χ1n) is 10.4. The third-order valence-corrected chi connectivity index (χ3v) is 6.99. The number of hydrogen-bond donors (Lipinski definition) is 2. The molecule has 25 heavy (non-hydrogen) atoms. The molecule has 2 N–H and O–H groups in total. The lowest BCUT2D eigenvalue weighted by Gasteiger charge is -2.48. The Bertz CT molecular complexity index is 590. The van der Waals surface area contributed by atoms with Crippen molar-refractivity contribution in [3.8, 4) is 5.75 Å². The Kier molecular flexibility index (Phi) is 5.06. The van der Waals surface area contributed by atoms with Gasteiger partial charge in [0.25, 0.3) is 0 Å². The zero-order valence-corrected chi connectivity index (χ0v) is 15.4. The van der Waals surface area contributed by atoms with Gasteiger partial charge in [0.1, 0.15) is 5.75 Å². The summed E-state index contributed by atoms with van der Waals surface area (Å²) >= 11 is 0. The van der Waals surface area contributed by atoms with Gasteiger partial charge in [0.05, 0.1) is 5.60 Å². The number of rotatable bonds is 3. The summed E-state index contributed by atoms with van der Waals surface area (Å²) in [6.45, 7) is 2.25. The maximum Gasteiger partial charge on any atom is 0.115 e. The molecule has 1 aromatic carbocycles. The molecule has 2 saturated carbocycles. The van der Waals surface area contributed by atoms with E-state index in [9.17, 15) is 10.2 Å². The Morgan fingerprint density at radius 3 is 2.52 bits per heavy atom. The second-order valence-corrected chi connectivity index (χ2v) is 8.73. The van der Waals surface area contributed by atoms with E-state index in [1.54, 1.807) is 0 Å². The van der Waals surface area contributed by atoms with Crippen LogP contribution < -0.4 is 0 Å². The van der Waals surface area contributed by atoms with E-state index >= 15 is 0 Å². The molecule has 3 aliphatic rings. The highest BCUT2D eigenvalue weighted by molar-refractivity contribution is 5.36. The van der Waals surface area contributed by atoms with Crippen LogP contribution in [-0.2, 0) is 12.8 Å². The van der Waals surface area contributed by atoms with Crippen LogP contribution in [0.5, 0.6) is 5.75 Å². The second kappa shape index (κ2) is 7.28. The quantitative estimate of drug-likeness (QED) is 0.870. The van der Waals surface area contributed by atoms with Gasteiger partial charge < -0.3 is 10.2 Å². The van der Waals surface area contributed by atoms with Crippen LogP contribution in [0.3, 0.4) is 0 Å². The molecule has 0 aromatic heterocycles. The predicted octanol–water partition coefficient (Wildman–Crippen LogP) is 4.05. The number of fused-ring (bicyclic) bond motifs is 1. The lowest BCUT2D eigenvalue weighted by molar-refractivity contribution is -0.0792. The fourth-order valence-electron chi connectivity index (χ4n) is 5.26. The number of hydrogen-bond acceptors (Lipinski definition) is 3. The van der Waals surface area contributed by atoms with Gasteiger partial charge in [-0.2, -0.15) is 0 Å². The van der Waals surface area contributed by atoms with Crippen molar-refractivity contribution in [2.24, 2.45) is 5.92 Å². The third-order valence-electron chi connectivity index (χ3n) is 6.99. The van der Waals surface area contributed by atoms with Crippen molar-refractivity contribution in [1.29, 1.82) is 0 Å². The summed E-state index contributed by atoms with van der Waals surface area (Å²) in [5.41, 5.74) is 2.09. The Labute approximate surface area is 152 Å². The summed E-state index contributed by atoms with van der Waals surface area (Å²) < 4.78 is 0. The molecule has 2 aliphatic carbocycles. The molecular formula is C22H33NO2. The van der Waals surface area contributed by atoms with E-state index in [1.807, 2.05) is 12.1 Å². The van der Waals surface area contributed by atoms with Crippen LogP contribution in [0.25, 0.3) is 0 Å². The first-order valence-corrected chi connectivity index (χ1v) is 10.4. The topological polar surface area (TPSA) is 43.7 Å². The average molecular weight is 344 g/mol. The number of aliphatic hydroxyl groups is 1. The highest BCUT2D eigenvalue weighted by Gasteiger charge is 2.42. The lowest BCUT2D eigenvalue weighted by atomic mass is 9.74. The molecular weight excluding hydrogens is 310 g/mol. The maximum atomic E-state index is 11.6. The molecule has 3 heteroatoms. The van der Waals surface area contributed by atoms with Crippen molar-refractivity contribution in [3.63, 3.8) is 0 Å². The van der Waals surface area contributed by atoms with Crippen LogP contribution in [0.15, 0.2) is 18.2 Å². The van der Waals surface area contributed by atoms with E-state index in [-0.39, 0.29) is 6.04 Å². The summed E-state index contributed by atoms with van der Waals surface area (Å²) in [5, 5.41) is 21.4. The van der Waals surface area contributed by atoms with Gasteiger partial charge in [-0.15, -0.1) is 0 Å². The number of nitrogens with zero attached hydrogens (tertiary/aromatic N) is 1. The molecule has 0 radical (unpaired) electrons. The number of aromatic hydroxyl groups is 1. The smallest absolute Gasteiger partial charge is 0.115 e. The van der Waals surface area contributed by atoms with Gasteiger partial charge in [-0.25, -0.2) is 0 Å². The Balaban J connectivity index is 1.63. The SMILES string of the molecule is Oc1ccc2c(c1)CCCN(CC1CCC1)[C@@H](C1(O)CCCCC1)C2. The molecule has 4 rings (SSSR count). The van der Waals surface area contributed by atoms with Gasteiger partial charge >= 0.3 is 0 Å². The number of benzene rings is 1. The van der Waals surface area contributed by atoms with E-state index in [1.165, 1.54) is 43.4 Å². The van der Waals surface area contributed by atoms with E-state index in [2.05, 4.69) is 11.0 Å². The highest BCUT2D eigenvalue weighted by atomic mass is 16.3. The molecule has 1 atom stereocenters. The van der Waals surface area contributed by atoms with Crippen LogP contribution in [-0.4, -0.2) is 39.8 Å². The van der Waals surface area contributed by atoms with Crippen molar-refractivity contribution in [2.75, 3.05) is 13.1 Å². The Morgan fingerprint density at radius 2 is 1.80 bits per heavy atom. The van der Waals surface area contributed by atoms with Crippen LogP contribution in [0.2, 0.25) is 0 Å². The Morgan fingerprint density at radius 1 is 1.00 bits per heavy atom. The monoisotopic (exact) mass is 343 g/mol. The second-order valence-electron chi connectivity index (χ2n) is 8.73. The van der Waals surface area contributed by atoms with E-state index in [0.29, 0.717) is 5.75 Å². The maximum absolute atomic E-state index is 11.6. The molecule has 0 spiro atoms. The minimum Gasteiger partial charge on any atom is -0.508 e. The fourth-order valence-corrected chi connectivity index (χ4v) is 5.26. The molecule has 138 valence electrons. The van der Waals surface area contributed by atoms with E-state index < -0.39 is 5.60 Å². The summed E-state index contributed by atoms with van der Waals surface area (Å²) in [6, 6.07) is 6.09. The summed E-state index contributed by atoms with van der Waals surface area (Å²) in [4.78, 5) is 2.64. The van der Waals surface area contributed by atoms with Gasteiger partial charge in [0.15, 0.2) is 0 Å². The molecule has 0 amide bonds. The first kappa shape index (κ1) is 17.4. The zero-order valence-electron chi connectivity index (χ0n) is 15.4. The molecule has 2 fully saturated rings.